The lowest BCUT2D eigenvalue weighted by Gasteiger charge is -2.13. The van der Waals surface area contributed by atoms with Gasteiger partial charge in [0.15, 0.2) is 0 Å². The Labute approximate surface area is 129 Å². The Balaban J connectivity index is 2.23. The van der Waals surface area contributed by atoms with Gasteiger partial charge in [0.2, 0.25) is 0 Å². The molecule has 20 heavy (non-hydrogen) atoms. The fourth-order valence-electron chi connectivity index (χ4n) is 2.34. The third kappa shape index (κ3) is 3.74. The van der Waals surface area contributed by atoms with Gasteiger partial charge >= 0.3 is 0 Å². The molecule has 3 heteroatoms. The molecular formula is C17H22BrNO. The highest BCUT2D eigenvalue weighted by atomic mass is 79.9. The summed E-state index contributed by atoms with van der Waals surface area (Å²) in [4.78, 5) is 0. The highest BCUT2D eigenvalue weighted by molar-refractivity contribution is 9.10. The fourth-order valence-corrected chi connectivity index (χ4v) is 2.95. The summed E-state index contributed by atoms with van der Waals surface area (Å²) in [7, 11) is 0. The van der Waals surface area contributed by atoms with Crippen molar-refractivity contribution in [2.75, 3.05) is 6.54 Å². The monoisotopic (exact) mass is 335 g/mol. The number of hydrogen-bond donors (Lipinski definition) is 1. The van der Waals surface area contributed by atoms with E-state index in [0.717, 1.165) is 40.9 Å². The van der Waals surface area contributed by atoms with Gasteiger partial charge in [0, 0.05) is 10.0 Å². The summed E-state index contributed by atoms with van der Waals surface area (Å²) in [5.74, 6) is 1.95. The highest BCUT2D eigenvalue weighted by Crippen LogP contribution is 2.29. The minimum absolute atomic E-state index is 0.303. The summed E-state index contributed by atoms with van der Waals surface area (Å²) in [5, 5.41) is 3.52. The van der Waals surface area contributed by atoms with E-state index in [1.165, 1.54) is 5.56 Å². The molecule has 1 aromatic carbocycles. The average Bonchev–Trinajstić information content (AvgIpc) is 2.88. The van der Waals surface area contributed by atoms with Gasteiger partial charge < -0.3 is 9.73 Å². The predicted molar refractivity (Wildman–Crippen MR) is 87.9 cm³/mol. The molecular weight excluding hydrogens is 314 g/mol. The van der Waals surface area contributed by atoms with Gasteiger partial charge in [0.1, 0.15) is 11.5 Å². The van der Waals surface area contributed by atoms with Gasteiger partial charge in [-0.3, -0.25) is 0 Å². The molecule has 0 radical (unpaired) electrons. The molecule has 1 unspecified atom stereocenters. The molecule has 1 heterocycles. The van der Waals surface area contributed by atoms with E-state index in [0.29, 0.717) is 6.04 Å². The average molecular weight is 336 g/mol. The largest absolute Gasteiger partial charge is 0.459 e. The first-order chi connectivity index (χ1) is 9.63. The lowest BCUT2D eigenvalue weighted by atomic mass is 10.1. The number of benzene rings is 1. The van der Waals surface area contributed by atoms with Crippen molar-refractivity contribution in [2.24, 2.45) is 0 Å². The summed E-state index contributed by atoms with van der Waals surface area (Å²) in [6, 6.07) is 10.8. The van der Waals surface area contributed by atoms with Crippen LogP contribution in [0.3, 0.4) is 0 Å². The zero-order valence-electron chi connectivity index (χ0n) is 12.4. The molecule has 0 saturated heterocycles. The third-order valence-electron chi connectivity index (χ3n) is 3.35. The van der Waals surface area contributed by atoms with Crippen LogP contribution < -0.4 is 5.32 Å². The van der Waals surface area contributed by atoms with Crippen molar-refractivity contribution in [1.82, 2.24) is 5.32 Å². The Morgan fingerprint density at radius 3 is 2.65 bits per heavy atom. The number of furan rings is 1. The molecule has 0 aliphatic rings. The predicted octanol–water partition coefficient (Wildman–Crippen LogP) is 5.47. The molecule has 0 fully saturated rings. The molecule has 0 aliphatic heterocycles. The minimum Gasteiger partial charge on any atom is -0.459 e. The number of aryl methyl sites for hydroxylation is 1. The second-order valence-electron chi connectivity index (χ2n) is 5.13. The Bertz CT molecular complexity index is 542. The van der Waals surface area contributed by atoms with Crippen molar-refractivity contribution in [1.29, 1.82) is 0 Å². The van der Waals surface area contributed by atoms with Crippen molar-refractivity contribution in [3.05, 3.63) is 46.1 Å². The molecule has 108 valence electrons. The van der Waals surface area contributed by atoms with Gasteiger partial charge in [-0.05, 0) is 62.2 Å². The molecule has 0 bridgehead atoms. The maximum Gasteiger partial charge on any atom is 0.134 e. The van der Waals surface area contributed by atoms with Gasteiger partial charge in [-0.2, -0.15) is 0 Å². The van der Waals surface area contributed by atoms with Crippen molar-refractivity contribution < 1.29 is 4.42 Å². The Hall–Kier alpha value is -1.06. The lowest BCUT2D eigenvalue weighted by molar-refractivity contribution is 0.411. The molecule has 1 aromatic heterocycles. The van der Waals surface area contributed by atoms with E-state index < -0.39 is 0 Å². The molecule has 0 saturated carbocycles. The van der Waals surface area contributed by atoms with Crippen LogP contribution in [0.4, 0.5) is 0 Å². The lowest BCUT2D eigenvalue weighted by Crippen LogP contribution is -2.20. The molecule has 2 aromatic rings. The minimum atomic E-state index is 0.303. The van der Waals surface area contributed by atoms with Crippen LogP contribution in [0.25, 0.3) is 11.3 Å². The van der Waals surface area contributed by atoms with E-state index in [4.69, 9.17) is 4.42 Å². The van der Waals surface area contributed by atoms with Crippen LogP contribution in [0.15, 0.2) is 39.2 Å². The SMILES string of the molecule is CCCNC(CC)c1ccc(-c2cc(C)cc(Br)c2)o1. The summed E-state index contributed by atoms with van der Waals surface area (Å²) < 4.78 is 7.13. The van der Waals surface area contributed by atoms with E-state index in [1.54, 1.807) is 0 Å². The number of rotatable bonds is 6. The second-order valence-corrected chi connectivity index (χ2v) is 6.05. The van der Waals surface area contributed by atoms with E-state index in [9.17, 15) is 0 Å². The molecule has 0 spiro atoms. The standard InChI is InChI=1S/C17H22BrNO/c1-4-8-19-15(5-2)17-7-6-16(20-17)13-9-12(3)10-14(18)11-13/h6-7,9-11,15,19H,4-5,8H2,1-3H3. The smallest absolute Gasteiger partial charge is 0.134 e. The number of hydrogen-bond acceptors (Lipinski definition) is 2. The Kier molecular flexibility index (Phi) is 5.44. The van der Waals surface area contributed by atoms with Gasteiger partial charge in [-0.25, -0.2) is 0 Å². The molecule has 0 amide bonds. The molecule has 1 atom stereocenters. The maximum absolute atomic E-state index is 6.05. The molecule has 2 rings (SSSR count). The van der Waals surface area contributed by atoms with Crippen LogP contribution >= 0.6 is 15.9 Å². The topological polar surface area (TPSA) is 25.2 Å². The third-order valence-corrected chi connectivity index (χ3v) is 3.80. The van der Waals surface area contributed by atoms with Crippen LogP contribution in [0.5, 0.6) is 0 Å². The summed E-state index contributed by atoms with van der Waals surface area (Å²) in [5.41, 5.74) is 2.34. The van der Waals surface area contributed by atoms with Crippen molar-refractivity contribution in [3.63, 3.8) is 0 Å². The van der Waals surface area contributed by atoms with E-state index >= 15 is 0 Å². The van der Waals surface area contributed by atoms with E-state index in [2.05, 4.69) is 72.3 Å². The normalized spacial score (nSPS) is 12.6. The van der Waals surface area contributed by atoms with Crippen LogP contribution in [0.2, 0.25) is 0 Å². The van der Waals surface area contributed by atoms with E-state index in [-0.39, 0.29) is 0 Å². The quantitative estimate of drug-likeness (QED) is 0.757. The second kappa shape index (κ2) is 7.09. The van der Waals surface area contributed by atoms with Gasteiger partial charge in [0.05, 0.1) is 6.04 Å². The van der Waals surface area contributed by atoms with Crippen LogP contribution in [0.1, 0.15) is 44.1 Å². The maximum atomic E-state index is 6.05. The molecule has 2 nitrogen and oxygen atoms in total. The van der Waals surface area contributed by atoms with Crippen molar-refractivity contribution in [2.45, 2.75) is 39.7 Å². The van der Waals surface area contributed by atoms with Crippen molar-refractivity contribution in [3.8, 4) is 11.3 Å². The van der Waals surface area contributed by atoms with Crippen LogP contribution in [-0.4, -0.2) is 6.54 Å². The first-order valence-electron chi connectivity index (χ1n) is 7.24. The van der Waals surface area contributed by atoms with Crippen LogP contribution in [0, 0.1) is 6.92 Å². The van der Waals surface area contributed by atoms with Gasteiger partial charge in [-0.15, -0.1) is 0 Å². The fraction of sp³-hybridized carbons (Fsp3) is 0.412. The highest BCUT2D eigenvalue weighted by Gasteiger charge is 2.14. The molecule has 1 N–H and O–H groups in total. The first kappa shape index (κ1) is 15.3. The van der Waals surface area contributed by atoms with Crippen molar-refractivity contribution >= 4 is 15.9 Å². The Morgan fingerprint density at radius 1 is 1.20 bits per heavy atom. The Morgan fingerprint density at radius 2 is 2.00 bits per heavy atom. The number of nitrogens with one attached hydrogen (secondary N) is 1. The zero-order chi connectivity index (χ0) is 14.5. The van der Waals surface area contributed by atoms with Gasteiger partial charge in [-0.1, -0.05) is 29.8 Å². The molecule has 0 aliphatic carbocycles. The van der Waals surface area contributed by atoms with E-state index in [1.807, 2.05) is 0 Å². The summed E-state index contributed by atoms with van der Waals surface area (Å²) in [6.45, 7) is 7.47. The van der Waals surface area contributed by atoms with Gasteiger partial charge in [0.25, 0.3) is 0 Å². The van der Waals surface area contributed by atoms with Crippen LogP contribution in [-0.2, 0) is 0 Å². The number of halogens is 1. The first-order valence-corrected chi connectivity index (χ1v) is 8.04. The summed E-state index contributed by atoms with van der Waals surface area (Å²) >= 11 is 3.54. The summed E-state index contributed by atoms with van der Waals surface area (Å²) in [6.07, 6.45) is 2.17. The zero-order valence-corrected chi connectivity index (χ0v) is 14.0.